The molecule has 0 spiro atoms. The molecule has 0 saturated carbocycles. The molecule has 2 heterocycles. The number of anilines is 1. The molecule has 4 rings (SSSR count). The van der Waals surface area contributed by atoms with E-state index < -0.39 is 17.9 Å². The van der Waals surface area contributed by atoms with Crippen LogP contribution in [0.5, 0.6) is 0 Å². The predicted octanol–water partition coefficient (Wildman–Crippen LogP) is 3.56. The number of nitrogens with one attached hydrogen (secondary N) is 2. The van der Waals surface area contributed by atoms with E-state index in [-0.39, 0.29) is 34.5 Å². The second-order valence-electron chi connectivity index (χ2n) is 6.28. The van der Waals surface area contributed by atoms with Crippen LogP contribution in [0.2, 0.25) is 0 Å². The van der Waals surface area contributed by atoms with Gasteiger partial charge in [0, 0.05) is 17.6 Å². The van der Waals surface area contributed by atoms with Crippen LogP contribution in [0.3, 0.4) is 0 Å². The third-order valence-electron chi connectivity index (χ3n) is 4.39. The van der Waals surface area contributed by atoms with Crippen molar-refractivity contribution in [2.75, 3.05) is 5.32 Å². The van der Waals surface area contributed by atoms with Crippen molar-refractivity contribution in [2.24, 2.45) is 0 Å². The zero-order valence-corrected chi connectivity index (χ0v) is 15.0. The van der Waals surface area contributed by atoms with Gasteiger partial charge in [0.25, 0.3) is 11.5 Å². The molecule has 0 fully saturated rings. The lowest BCUT2D eigenvalue weighted by Gasteiger charge is -2.10. The quantitative estimate of drug-likeness (QED) is 0.549. The van der Waals surface area contributed by atoms with Gasteiger partial charge in [-0.1, -0.05) is 18.2 Å². The molecule has 2 aromatic carbocycles. The van der Waals surface area contributed by atoms with Gasteiger partial charge in [0.2, 0.25) is 5.82 Å². The van der Waals surface area contributed by atoms with E-state index in [0.717, 1.165) is 0 Å². The van der Waals surface area contributed by atoms with Gasteiger partial charge in [-0.3, -0.25) is 9.59 Å². The molecule has 0 radical (unpaired) electrons. The summed E-state index contributed by atoms with van der Waals surface area (Å²) in [6.45, 7) is 2.01. The van der Waals surface area contributed by atoms with Crippen LogP contribution >= 0.6 is 0 Å². The van der Waals surface area contributed by atoms with E-state index >= 15 is 0 Å². The van der Waals surface area contributed by atoms with Gasteiger partial charge in [-0.2, -0.15) is 18.3 Å². The molecule has 0 bridgehead atoms. The fourth-order valence-corrected chi connectivity index (χ4v) is 3.03. The summed E-state index contributed by atoms with van der Waals surface area (Å²) in [6, 6.07) is 10.8. The van der Waals surface area contributed by atoms with Crippen LogP contribution in [0, 0.1) is 0 Å². The fourth-order valence-electron chi connectivity index (χ4n) is 3.03. The minimum atomic E-state index is -4.60. The average molecular weight is 401 g/mol. The number of carbonyl (C=O) groups excluding carboxylic acids is 1. The molecule has 29 heavy (non-hydrogen) atoms. The Hall–Kier alpha value is -3.69. The van der Waals surface area contributed by atoms with Crippen molar-refractivity contribution < 1.29 is 18.0 Å². The molecule has 1 amide bonds. The van der Waals surface area contributed by atoms with E-state index in [1.165, 1.54) is 22.9 Å². The number of amides is 1. The minimum absolute atomic E-state index is 0.0442. The molecular weight excluding hydrogens is 387 g/mol. The van der Waals surface area contributed by atoms with Crippen LogP contribution in [-0.4, -0.2) is 25.7 Å². The van der Waals surface area contributed by atoms with Gasteiger partial charge < -0.3 is 10.3 Å². The number of nitrogens with zero attached hydrogens (tertiary/aromatic N) is 3. The molecule has 7 nitrogen and oxygen atoms in total. The van der Waals surface area contributed by atoms with Crippen molar-refractivity contribution in [3.05, 3.63) is 64.3 Å². The fraction of sp³-hybridized carbons (Fsp3) is 0.158. The van der Waals surface area contributed by atoms with Crippen molar-refractivity contribution in [1.82, 2.24) is 19.7 Å². The number of hydrogen-bond acceptors (Lipinski definition) is 4. The number of carbonyl (C=O) groups is 1. The van der Waals surface area contributed by atoms with Crippen molar-refractivity contribution in [3.8, 4) is 0 Å². The molecule has 2 aromatic heterocycles. The molecule has 0 unspecified atom stereocenters. The molecule has 0 aliphatic rings. The van der Waals surface area contributed by atoms with Crippen LogP contribution in [0.4, 0.5) is 18.9 Å². The van der Waals surface area contributed by atoms with Crippen molar-refractivity contribution in [1.29, 1.82) is 0 Å². The summed E-state index contributed by atoms with van der Waals surface area (Å²) in [5.41, 5.74) is 0.255. The van der Waals surface area contributed by atoms with Gasteiger partial charge in [-0.25, -0.2) is 9.67 Å². The van der Waals surface area contributed by atoms with Gasteiger partial charge >= 0.3 is 6.18 Å². The van der Waals surface area contributed by atoms with Gasteiger partial charge in [0.1, 0.15) is 0 Å². The lowest BCUT2D eigenvalue weighted by molar-refractivity contribution is -0.144. The normalized spacial score (nSPS) is 11.9. The van der Waals surface area contributed by atoms with E-state index in [0.29, 0.717) is 10.8 Å². The SMILES string of the molecule is CCn1nc(C(=O)Nc2ccc3nc(C(F)(F)F)[nH]c3c2)c2ccccc2c1=O. The highest BCUT2D eigenvalue weighted by molar-refractivity contribution is 6.11. The van der Waals surface area contributed by atoms with E-state index in [4.69, 9.17) is 0 Å². The number of benzene rings is 2. The largest absolute Gasteiger partial charge is 0.449 e. The summed E-state index contributed by atoms with van der Waals surface area (Å²) in [4.78, 5) is 30.9. The number of H-pyrrole nitrogens is 1. The predicted molar refractivity (Wildman–Crippen MR) is 101 cm³/mol. The summed E-state index contributed by atoms with van der Waals surface area (Å²) < 4.78 is 39.6. The van der Waals surface area contributed by atoms with Crippen molar-refractivity contribution >= 4 is 33.4 Å². The van der Waals surface area contributed by atoms with Gasteiger partial charge in [-0.05, 0) is 31.2 Å². The Morgan fingerprint density at radius 1 is 1.17 bits per heavy atom. The van der Waals surface area contributed by atoms with E-state index in [2.05, 4.69) is 20.4 Å². The van der Waals surface area contributed by atoms with Crippen molar-refractivity contribution in [2.45, 2.75) is 19.6 Å². The summed E-state index contributed by atoms with van der Waals surface area (Å²) in [5, 5.41) is 7.50. The summed E-state index contributed by atoms with van der Waals surface area (Å²) in [5.74, 6) is -1.70. The maximum Gasteiger partial charge on any atom is 0.449 e. The molecule has 4 aromatic rings. The Balaban J connectivity index is 1.73. The number of fused-ring (bicyclic) bond motifs is 2. The molecular formula is C19H14F3N5O2. The number of aryl methyl sites for hydroxylation is 1. The first-order valence-corrected chi connectivity index (χ1v) is 8.66. The van der Waals surface area contributed by atoms with Crippen LogP contribution in [-0.2, 0) is 12.7 Å². The second kappa shape index (κ2) is 6.73. The highest BCUT2D eigenvalue weighted by Gasteiger charge is 2.34. The lowest BCUT2D eigenvalue weighted by Crippen LogP contribution is -2.27. The molecule has 0 aliphatic heterocycles. The maximum absolute atomic E-state index is 12.8. The number of aromatic nitrogens is 4. The Bertz CT molecular complexity index is 1310. The lowest BCUT2D eigenvalue weighted by atomic mass is 10.1. The highest BCUT2D eigenvalue weighted by Crippen LogP contribution is 2.29. The Morgan fingerprint density at radius 2 is 1.90 bits per heavy atom. The van der Waals surface area contributed by atoms with E-state index in [1.54, 1.807) is 31.2 Å². The first kappa shape index (κ1) is 18.7. The van der Waals surface area contributed by atoms with E-state index in [1.807, 2.05) is 0 Å². The zero-order valence-electron chi connectivity index (χ0n) is 15.0. The average Bonchev–Trinajstić information content (AvgIpc) is 3.12. The minimum Gasteiger partial charge on any atom is -0.334 e. The highest BCUT2D eigenvalue weighted by atomic mass is 19.4. The van der Waals surface area contributed by atoms with Crippen molar-refractivity contribution in [3.63, 3.8) is 0 Å². The molecule has 10 heteroatoms. The summed E-state index contributed by atoms with van der Waals surface area (Å²) in [6.07, 6.45) is -4.60. The topological polar surface area (TPSA) is 92.7 Å². The number of aromatic amines is 1. The Labute approximate surface area is 161 Å². The third kappa shape index (κ3) is 3.33. The van der Waals surface area contributed by atoms with Gasteiger partial charge in [0.15, 0.2) is 5.69 Å². The monoisotopic (exact) mass is 401 g/mol. The molecule has 0 saturated heterocycles. The molecule has 148 valence electrons. The number of alkyl halides is 3. The molecule has 0 aliphatic carbocycles. The number of imidazole rings is 1. The van der Waals surface area contributed by atoms with Crippen LogP contribution in [0.25, 0.3) is 21.8 Å². The third-order valence-corrected chi connectivity index (χ3v) is 4.39. The van der Waals surface area contributed by atoms with Crippen LogP contribution in [0.1, 0.15) is 23.2 Å². The maximum atomic E-state index is 12.8. The smallest absolute Gasteiger partial charge is 0.334 e. The van der Waals surface area contributed by atoms with E-state index in [9.17, 15) is 22.8 Å². The molecule has 2 N–H and O–H groups in total. The van der Waals surface area contributed by atoms with Crippen LogP contribution < -0.4 is 10.9 Å². The Morgan fingerprint density at radius 3 is 2.59 bits per heavy atom. The van der Waals surface area contributed by atoms with Crippen LogP contribution in [0.15, 0.2) is 47.3 Å². The second-order valence-corrected chi connectivity index (χ2v) is 6.28. The summed E-state index contributed by atoms with van der Waals surface area (Å²) in [7, 11) is 0. The first-order chi connectivity index (χ1) is 13.8. The van der Waals surface area contributed by atoms with Gasteiger partial charge in [0.05, 0.1) is 16.4 Å². The summed E-state index contributed by atoms with van der Waals surface area (Å²) >= 11 is 0. The standard InChI is InChI=1S/C19H14F3N5O2/c1-2-27-17(29)12-6-4-3-5-11(12)15(26-27)16(28)23-10-7-8-13-14(9-10)25-18(24-13)19(20,21)22/h3-9H,2H2,1H3,(H,23,28)(H,24,25). The Kier molecular flexibility index (Phi) is 4.33. The van der Waals surface area contributed by atoms with Gasteiger partial charge in [-0.15, -0.1) is 0 Å². The number of hydrogen-bond donors (Lipinski definition) is 2. The molecule has 0 atom stereocenters. The first-order valence-electron chi connectivity index (χ1n) is 8.66. The number of rotatable bonds is 3. The zero-order chi connectivity index (χ0) is 20.8. The number of halogens is 3.